The third-order valence-electron chi connectivity index (χ3n) is 3.58. The Labute approximate surface area is 135 Å². The third-order valence-corrected chi connectivity index (χ3v) is 4.28. The molecule has 1 aromatic carbocycles. The molecule has 3 heteroatoms. The molecule has 1 aromatic rings. The lowest BCUT2D eigenvalue weighted by Crippen LogP contribution is -2.19. The zero-order chi connectivity index (χ0) is 15.3. The maximum atomic E-state index is 5.61. The SMILES string of the molecule is CCCOc1ccc(C(C)NCCCCCCSC)cc1. The van der Waals surface area contributed by atoms with E-state index < -0.39 is 0 Å². The van der Waals surface area contributed by atoms with Crippen LogP contribution >= 0.6 is 11.8 Å². The number of benzene rings is 1. The average Bonchev–Trinajstić information content (AvgIpc) is 2.52. The summed E-state index contributed by atoms with van der Waals surface area (Å²) in [5, 5.41) is 3.61. The molecule has 1 unspecified atom stereocenters. The summed E-state index contributed by atoms with van der Waals surface area (Å²) in [6.45, 7) is 6.26. The minimum absolute atomic E-state index is 0.413. The molecule has 0 heterocycles. The van der Waals surface area contributed by atoms with Crippen LogP contribution in [-0.4, -0.2) is 25.2 Å². The van der Waals surface area contributed by atoms with Crippen LogP contribution in [0.2, 0.25) is 0 Å². The number of ether oxygens (including phenoxy) is 1. The zero-order valence-corrected chi connectivity index (χ0v) is 14.7. The van der Waals surface area contributed by atoms with Crippen LogP contribution in [-0.2, 0) is 0 Å². The first-order valence-corrected chi connectivity index (χ1v) is 9.62. The molecule has 0 aliphatic rings. The summed E-state index contributed by atoms with van der Waals surface area (Å²) in [6, 6.07) is 8.90. The molecule has 120 valence electrons. The molecule has 0 fully saturated rings. The Kier molecular flexibility index (Phi) is 10.4. The Bertz CT molecular complexity index is 353. The number of thioether (sulfide) groups is 1. The zero-order valence-electron chi connectivity index (χ0n) is 13.9. The lowest BCUT2D eigenvalue weighted by Gasteiger charge is -2.15. The summed E-state index contributed by atoms with van der Waals surface area (Å²) in [5.74, 6) is 2.28. The van der Waals surface area contributed by atoms with E-state index >= 15 is 0 Å². The molecular weight excluding hydrogens is 278 g/mol. The van der Waals surface area contributed by atoms with E-state index in [1.165, 1.54) is 37.0 Å². The topological polar surface area (TPSA) is 21.3 Å². The van der Waals surface area contributed by atoms with E-state index in [0.717, 1.165) is 25.3 Å². The van der Waals surface area contributed by atoms with Gasteiger partial charge in [0.1, 0.15) is 5.75 Å². The molecule has 0 aliphatic carbocycles. The Hall–Kier alpha value is -0.670. The van der Waals surface area contributed by atoms with E-state index in [4.69, 9.17) is 4.74 Å². The summed E-state index contributed by atoms with van der Waals surface area (Å²) < 4.78 is 5.61. The second kappa shape index (κ2) is 11.9. The van der Waals surface area contributed by atoms with Gasteiger partial charge in [-0.15, -0.1) is 0 Å². The fraction of sp³-hybridized carbons (Fsp3) is 0.667. The van der Waals surface area contributed by atoms with Gasteiger partial charge in [-0.25, -0.2) is 0 Å². The molecule has 0 aliphatic heterocycles. The molecule has 2 nitrogen and oxygen atoms in total. The molecule has 0 saturated carbocycles. The van der Waals surface area contributed by atoms with Crippen LogP contribution in [0.5, 0.6) is 5.75 Å². The predicted octanol–water partition coefficient (Wildman–Crippen LogP) is 5.05. The van der Waals surface area contributed by atoms with Crippen molar-refractivity contribution in [3.63, 3.8) is 0 Å². The lowest BCUT2D eigenvalue weighted by molar-refractivity contribution is 0.317. The van der Waals surface area contributed by atoms with Gasteiger partial charge in [0.15, 0.2) is 0 Å². The van der Waals surface area contributed by atoms with Gasteiger partial charge in [0, 0.05) is 6.04 Å². The molecular formula is C18H31NOS. The number of rotatable bonds is 12. The van der Waals surface area contributed by atoms with Crippen molar-refractivity contribution in [3.8, 4) is 5.75 Å². The quantitative estimate of drug-likeness (QED) is 0.546. The first-order valence-electron chi connectivity index (χ1n) is 8.23. The van der Waals surface area contributed by atoms with Crippen LogP contribution in [0.25, 0.3) is 0 Å². The van der Waals surface area contributed by atoms with Gasteiger partial charge in [-0.1, -0.05) is 31.9 Å². The molecule has 0 aromatic heterocycles. The lowest BCUT2D eigenvalue weighted by atomic mass is 10.1. The van der Waals surface area contributed by atoms with Gasteiger partial charge < -0.3 is 10.1 Å². The van der Waals surface area contributed by atoms with Crippen LogP contribution in [0.4, 0.5) is 0 Å². The van der Waals surface area contributed by atoms with Crippen molar-refractivity contribution >= 4 is 11.8 Å². The highest BCUT2D eigenvalue weighted by Gasteiger charge is 2.04. The highest BCUT2D eigenvalue weighted by atomic mass is 32.2. The average molecular weight is 310 g/mol. The largest absolute Gasteiger partial charge is 0.494 e. The highest BCUT2D eigenvalue weighted by molar-refractivity contribution is 7.98. The van der Waals surface area contributed by atoms with E-state index in [0.29, 0.717) is 6.04 Å². The fourth-order valence-corrected chi connectivity index (χ4v) is 2.73. The maximum Gasteiger partial charge on any atom is 0.119 e. The molecule has 21 heavy (non-hydrogen) atoms. The van der Waals surface area contributed by atoms with Crippen molar-refractivity contribution in [2.45, 2.75) is 52.0 Å². The Balaban J connectivity index is 2.17. The summed E-state index contributed by atoms with van der Waals surface area (Å²) >= 11 is 1.95. The first kappa shape index (κ1) is 18.4. The van der Waals surface area contributed by atoms with E-state index in [1.807, 2.05) is 11.8 Å². The standard InChI is InChI=1S/C18H31NOS/c1-4-14-20-18-11-9-17(10-12-18)16(2)19-13-7-5-6-8-15-21-3/h9-12,16,19H,4-8,13-15H2,1-3H3. The summed E-state index contributed by atoms with van der Waals surface area (Å²) in [7, 11) is 0. The predicted molar refractivity (Wildman–Crippen MR) is 95.5 cm³/mol. The number of hydrogen-bond donors (Lipinski definition) is 1. The van der Waals surface area contributed by atoms with Crippen molar-refractivity contribution < 1.29 is 4.74 Å². The Morgan fingerprint density at radius 3 is 2.48 bits per heavy atom. The smallest absolute Gasteiger partial charge is 0.119 e. The van der Waals surface area contributed by atoms with Gasteiger partial charge in [0.05, 0.1) is 6.61 Å². The highest BCUT2D eigenvalue weighted by Crippen LogP contribution is 2.18. The number of nitrogens with one attached hydrogen (secondary N) is 1. The van der Waals surface area contributed by atoms with Crippen molar-refractivity contribution in [2.75, 3.05) is 25.2 Å². The van der Waals surface area contributed by atoms with Crippen LogP contribution in [0.15, 0.2) is 24.3 Å². The van der Waals surface area contributed by atoms with E-state index in [1.54, 1.807) is 0 Å². The van der Waals surface area contributed by atoms with Crippen molar-refractivity contribution in [1.29, 1.82) is 0 Å². The first-order chi connectivity index (χ1) is 10.3. The monoisotopic (exact) mass is 309 g/mol. The molecule has 0 radical (unpaired) electrons. The van der Waals surface area contributed by atoms with Gasteiger partial charge in [-0.05, 0) is 62.4 Å². The van der Waals surface area contributed by atoms with Gasteiger partial charge in [-0.3, -0.25) is 0 Å². The molecule has 1 N–H and O–H groups in total. The second-order valence-electron chi connectivity index (χ2n) is 5.50. The van der Waals surface area contributed by atoms with E-state index in [-0.39, 0.29) is 0 Å². The molecule has 0 spiro atoms. The minimum Gasteiger partial charge on any atom is -0.494 e. The van der Waals surface area contributed by atoms with Gasteiger partial charge in [0.2, 0.25) is 0 Å². The van der Waals surface area contributed by atoms with Crippen LogP contribution in [0, 0.1) is 0 Å². The Morgan fingerprint density at radius 1 is 1.10 bits per heavy atom. The number of unbranched alkanes of at least 4 members (excludes halogenated alkanes) is 3. The summed E-state index contributed by atoms with van der Waals surface area (Å²) in [5.41, 5.74) is 1.33. The fourth-order valence-electron chi connectivity index (χ4n) is 2.23. The minimum atomic E-state index is 0.413. The van der Waals surface area contributed by atoms with Crippen LogP contribution in [0.1, 0.15) is 57.6 Å². The second-order valence-corrected chi connectivity index (χ2v) is 6.49. The van der Waals surface area contributed by atoms with E-state index in [2.05, 4.69) is 49.7 Å². The van der Waals surface area contributed by atoms with Gasteiger partial charge >= 0.3 is 0 Å². The van der Waals surface area contributed by atoms with Crippen molar-refractivity contribution in [3.05, 3.63) is 29.8 Å². The van der Waals surface area contributed by atoms with Gasteiger partial charge in [-0.2, -0.15) is 11.8 Å². The Morgan fingerprint density at radius 2 is 1.81 bits per heavy atom. The van der Waals surface area contributed by atoms with Gasteiger partial charge in [0.25, 0.3) is 0 Å². The summed E-state index contributed by atoms with van der Waals surface area (Å²) in [4.78, 5) is 0. The molecule has 1 rings (SSSR count). The van der Waals surface area contributed by atoms with Crippen LogP contribution < -0.4 is 10.1 Å². The van der Waals surface area contributed by atoms with Crippen molar-refractivity contribution in [2.24, 2.45) is 0 Å². The molecule has 0 amide bonds. The van der Waals surface area contributed by atoms with Crippen molar-refractivity contribution in [1.82, 2.24) is 5.32 Å². The van der Waals surface area contributed by atoms with Crippen LogP contribution in [0.3, 0.4) is 0 Å². The third kappa shape index (κ3) is 8.37. The normalized spacial score (nSPS) is 12.3. The molecule has 1 atom stereocenters. The summed E-state index contributed by atoms with van der Waals surface area (Å²) in [6.07, 6.45) is 8.56. The number of hydrogen-bond acceptors (Lipinski definition) is 3. The van der Waals surface area contributed by atoms with E-state index in [9.17, 15) is 0 Å². The molecule has 0 saturated heterocycles. The maximum absolute atomic E-state index is 5.61. The molecule has 0 bridgehead atoms.